The number of benzene rings is 5. The second kappa shape index (κ2) is 17.9. The Morgan fingerprint density at radius 1 is 0.758 bits per heavy atom. The summed E-state index contributed by atoms with van der Waals surface area (Å²) in [5.74, 6) is -2.04. The SMILES string of the molecule is CC(NC(=O)N1C(=O)C2(c3ccccc31)C(C(=O)N1CCN(c3ncccn3)CC1)C1C(=O)OC(c3ccccc3)C(c3ccccc3)N1C2c1ccc(OCCO)cc1)c1ccccc1. The molecule has 10 rings (SSSR count). The van der Waals surface area contributed by atoms with Gasteiger partial charge in [-0.05, 0) is 59.0 Å². The zero-order valence-corrected chi connectivity index (χ0v) is 36.3. The number of fused-ring (bicyclic) bond motifs is 3. The monoisotopic (exact) mass is 883 g/mol. The average Bonchev–Trinajstić information content (AvgIpc) is 3.83. The molecule has 1 aromatic heterocycles. The van der Waals surface area contributed by atoms with Crippen molar-refractivity contribution in [2.24, 2.45) is 5.92 Å². The Morgan fingerprint density at radius 2 is 1.38 bits per heavy atom. The maximum absolute atomic E-state index is 16.5. The number of esters is 1. The molecule has 66 heavy (non-hydrogen) atoms. The number of urea groups is 1. The predicted molar refractivity (Wildman–Crippen MR) is 245 cm³/mol. The van der Waals surface area contributed by atoms with E-state index in [1.54, 1.807) is 47.6 Å². The minimum atomic E-state index is -1.86. The molecule has 6 aromatic rings. The number of hydrogen-bond donors (Lipinski definition) is 2. The minimum Gasteiger partial charge on any atom is -0.491 e. The molecule has 7 unspecified atom stereocenters. The van der Waals surface area contributed by atoms with Crippen LogP contribution in [0.5, 0.6) is 5.75 Å². The molecule has 0 bridgehead atoms. The van der Waals surface area contributed by atoms with Crippen molar-refractivity contribution in [1.82, 2.24) is 25.1 Å². The fraction of sp³-hybridized carbons (Fsp3) is 0.269. The van der Waals surface area contributed by atoms with E-state index in [1.165, 1.54) is 4.90 Å². The molecule has 1 spiro atoms. The smallest absolute Gasteiger partial charge is 0.329 e. The fourth-order valence-electron chi connectivity index (χ4n) is 10.6. The number of nitrogens with one attached hydrogen (secondary N) is 1. The van der Waals surface area contributed by atoms with E-state index >= 15 is 14.4 Å². The predicted octanol–water partition coefficient (Wildman–Crippen LogP) is 6.33. The summed E-state index contributed by atoms with van der Waals surface area (Å²) in [6.07, 6.45) is 2.49. The Kier molecular flexibility index (Phi) is 11.5. The first-order valence-corrected chi connectivity index (χ1v) is 22.3. The lowest BCUT2D eigenvalue weighted by Gasteiger charge is -2.46. The van der Waals surface area contributed by atoms with Gasteiger partial charge in [0.15, 0.2) is 0 Å². The van der Waals surface area contributed by atoms with Crippen molar-refractivity contribution in [2.75, 3.05) is 49.2 Å². The largest absolute Gasteiger partial charge is 0.491 e. The zero-order chi connectivity index (χ0) is 45.4. The van der Waals surface area contributed by atoms with Crippen molar-refractivity contribution in [3.63, 3.8) is 0 Å². The number of aliphatic hydroxyl groups is 1. The lowest BCUT2D eigenvalue weighted by Crippen LogP contribution is -2.59. The van der Waals surface area contributed by atoms with Gasteiger partial charge in [0.2, 0.25) is 17.8 Å². The Hall–Kier alpha value is -7.42. The molecular formula is C52H49N7O7. The van der Waals surface area contributed by atoms with Crippen LogP contribution < -0.4 is 19.9 Å². The van der Waals surface area contributed by atoms with E-state index in [0.29, 0.717) is 41.6 Å². The van der Waals surface area contributed by atoms with Gasteiger partial charge in [-0.15, -0.1) is 0 Å². The molecule has 5 heterocycles. The van der Waals surface area contributed by atoms with Gasteiger partial charge in [0.1, 0.15) is 29.9 Å². The molecular weight excluding hydrogens is 835 g/mol. The number of hydrogen-bond acceptors (Lipinski definition) is 11. The summed E-state index contributed by atoms with van der Waals surface area (Å²) in [6.45, 7) is 3.07. The van der Waals surface area contributed by atoms with E-state index in [1.807, 2.05) is 132 Å². The second-order valence-corrected chi connectivity index (χ2v) is 17.0. The van der Waals surface area contributed by atoms with Crippen molar-refractivity contribution in [3.05, 3.63) is 186 Å². The third kappa shape index (κ3) is 7.22. The van der Waals surface area contributed by atoms with Crippen LogP contribution in [0.1, 0.15) is 59.0 Å². The number of anilines is 2. The highest BCUT2D eigenvalue weighted by Gasteiger charge is 2.76. The van der Waals surface area contributed by atoms with Crippen molar-refractivity contribution in [1.29, 1.82) is 0 Å². The van der Waals surface area contributed by atoms with Gasteiger partial charge in [-0.25, -0.2) is 19.7 Å². The summed E-state index contributed by atoms with van der Waals surface area (Å²) >= 11 is 0. The number of piperazine rings is 1. The molecule has 14 heteroatoms. The number of carbonyl (C=O) groups is 4. The number of aliphatic hydroxyl groups excluding tert-OH is 1. The third-order valence-corrected chi connectivity index (χ3v) is 13.5. The average molecular weight is 884 g/mol. The van der Waals surface area contributed by atoms with Gasteiger partial charge >= 0.3 is 12.0 Å². The van der Waals surface area contributed by atoms with Gasteiger partial charge < -0.3 is 29.7 Å². The molecule has 334 valence electrons. The standard InChI is InChI=1S/C52H49N7O7/c1-34(35-14-5-2-6-15-35)55-51(64)58-41-21-12-11-20-40(41)52(49(58)63)42(47(61)56-28-30-57(31-29-56)50-53-26-13-27-54-50)44-48(62)66-45(37-18-9-4-10-19-37)43(36-16-7-3-8-17-36)59(44)46(52)38-22-24-39(25-23-38)65-33-32-60/h2-27,34,42-46,60H,28-33H2,1H3,(H,55,64). The summed E-state index contributed by atoms with van der Waals surface area (Å²) in [4.78, 5) is 78.6. The number of nitrogens with zero attached hydrogens (tertiary/aromatic N) is 6. The molecule has 4 aliphatic rings. The number of rotatable bonds is 10. The van der Waals surface area contributed by atoms with Crippen LogP contribution in [0.3, 0.4) is 0 Å². The Balaban J connectivity index is 1.19. The van der Waals surface area contributed by atoms with Crippen LogP contribution in [-0.4, -0.2) is 94.1 Å². The summed E-state index contributed by atoms with van der Waals surface area (Å²) in [6, 6.07) is 40.6. The maximum Gasteiger partial charge on any atom is 0.329 e. The zero-order valence-electron chi connectivity index (χ0n) is 36.3. The Labute approximate surface area is 382 Å². The van der Waals surface area contributed by atoms with Crippen LogP contribution in [0.4, 0.5) is 16.4 Å². The molecule has 3 saturated heterocycles. The number of cyclic esters (lactones) is 1. The molecule has 0 aliphatic carbocycles. The normalized spacial score (nSPS) is 24.1. The summed E-state index contributed by atoms with van der Waals surface area (Å²) in [5, 5.41) is 12.7. The number of amides is 4. The molecule has 5 aromatic carbocycles. The number of carbonyl (C=O) groups excluding carboxylic acids is 4. The maximum atomic E-state index is 16.5. The van der Waals surface area contributed by atoms with Gasteiger partial charge in [-0.2, -0.15) is 0 Å². The number of morpholine rings is 1. The van der Waals surface area contributed by atoms with Crippen LogP contribution in [0.2, 0.25) is 0 Å². The van der Waals surface area contributed by atoms with E-state index in [0.717, 1.165) is 16.7 Å². The topological polar surface area (TPSA) is 158 Å². The van der Waals surface area contributed by atoms with Gasteiger partial charge in [0.25, 0.3) is 0 Å². The highest BCUT2D eigenvalue weighted by atomic mass is 16.6. The fourth-order valence-corrected chi connectivity index (χ4v) is 10.6. The molecule has 0 saturated carbocycles. The summed E-state index contributed by atoms with van der Waals surface area (Å²) in [7, 11) is 0. The van der Waals surface area contributed by atoms with Crippen LogP contribution >= 0.6 is 0 Å². The first-order chi connectivity index (χ1) is 32.3. The molecule has 7 atom stereocenters. The number of para-hydroxylation sites is 1. The lowest BCUT2D eigenvalue weighted by molar-refractivity contribution is -0.179. The van der Waals surface area contributed by atoms with E-state index in [9.17, 15) is 9.90 Å². The lowest BCUT2D eigenvalue weighted by atomic mass is 9.65. The van der Waals surface area contributed by atoms with E-state index in [2.05, 4.69) is 15.3 Å². The Morgan fingerprint density at radius 3 is 2.05 bits per heavy atom. The highest BCUT2D eigenvalue weighted by molar-refractivity contribution is 6.24. The van der Waals surface area contributed by atoms with Gasteiger partial charge in [0.05, 0.1) is 36.3 Å². The quantitative estimate of drug-likeness (QED) is 0.148. The van der Waals surface area contributed by atoms with Crippen LogP contribution in [-0.2, 0) is 24.5 Å². The number of ether oxygens (including phenoxy) is 2. The Bertz CT molecular complexity index is 2710. The van der Waals surface area contributed by atoms with Crippen molar-refractivity contribution in [3.8, 4) is 5.75 Å². The van der Waals surface area contributed by atoms with E-state index in [-0.39, 0.29) is 26.3 Å². The highest BCUT2D eigenvalue weighted by Crippen LogP contribution is 2.66. The van der Waals surface area contributed by atoms with Crippen LogP contribution in [0, 0.1) is 5.92 Å². The van der Waals surface area contributed by atoms with Gasteiger partial charge in [-0.1, -0.05) is 121 Å². The molecule has 4 amide bonds. The van der Waals surface area contributed by atoms with Gasteiger partial charge in [-0.3, -0.25) is 19.3 Å². The number of imide groups is 1. The second-order valence-electron chi connectivity index (χ2n) is 17.0. The van der Waals surface area contributed by atoms with Crippen LogP contribution in [0.25, 0.3) is 0 Å². The molecule has 4 aliphatic heterocycles. The van der Waals surface area contributed by atoms with E-state index < -0.39 is 65.4 Å². The summed E-state index contributed by atoms with van der Waals surface area (Å²) in [5.41, 5.74) is 1.90. The van der Waals surface area contributed by atoms with Crippen molar-refractivity contribution < 1.29 is 33.8 Å². The molecule has 2 N–H and O–H groups in total. The van der Waals surface area contributed by atoms with Crippen molar-refractivity contribution >= 4 is 35.5 Å². The van der Waals surface area contributed by atoms with E-state index in [4.69, 9.17) is 9.47 Å². The molecule has 3 fully saturated rings. The van der Waals surface area contributed by atoms with Crippen LogP contribution in [0.15, 0.2) is 158 Å². The van der Waals surface area contributed by atoms with Gasteiger partial charge in [0, 0.05) is 38.6 Å². The third-order valence-electron chi connectivity index (χ3n) is 13.5. The molecule has 0 radical (unpaired) electrons. The first kappa shape index (κ1) is 42.5. The number of aromatic nitrogens is 2. The van der Waals surface area contributed by atoms with Crippen molar-refractivity contribution in [2.45, 2.75) is 42.6 Å². The summed E-state index contributed by atoms with van der Waals surface area (Å²) < 4.78 is 12.4. The molecule has 14 nitrogen and oxygen atoms in total. The first-order valence-electron chi connectivity index (χ1n) is 22.3. The minimum absolute atomic E-state index is 0.0686.